The monoisotopic (exact) mass is 531 g/mol. The smallest absolute Gasteiger partial charge is 0.251 e. The van der Waals surface area contributed by atoms with Gasteiger partial charge in [-0.2, -0.15) is 0 Å². The first-order valence-corrected chi connectivity index (χ1v) is 13.9. The van der Waals surface area contributed by atoms with Crippen molar-refractivity contribution < 1.29 is 19.4 Å². The van der Waals surface area contributed by atoms with Crippen molar-refractivity contribution in [2.24, 2.45) is 0 Å². The summed E-state index contributed by atoms with van der Waals surface area (Å²) in [6.07, 6.45) is 1.29. The van der Waals surface area contributed by atoms with E-state index in [0.29, 0.717) is 49.2 Å². The second-order valence-electron chi connectivity index (χ2n) is 10.7. The third-order valence-electron chi connectivity index (χ3n) is 7.09. The van der Waals surface area contributed by atoms with Crippen molar-refractivity contribution in [3.05, 3.63) is 88.6 Å². The first kappa shape index (κ1) is 28.6. The number of fused-ring (bicyclic) bond motifs is 4. The molecule has 7 heteroatoms. The van der Waals surface area contributed by atoms with Crippen LogP contribution in [-0.2, 0) is 6.42 Å². The Labute approximate surface area is 232 Å². The standard InChI is InChI=1S/C32H41N3O4/c1-21(2)25-10-8-11-26(18-25)23(4)33-20-30(36)29-17-24-9-7-12-28(16-24)38-13-5-6-14-39-31-19-27(32(37)35-29)15-22(3)34-31/h7-12,15-16,18-19,21,23,29-30,33,36H,5-6,13-14,17,20H2,1-4H3,(H,35,37)/t23?,29-,30+/m0/s1. The number of rotatable bonds is 6. The summed E-state index contributed by atoms with van der Waals surface area (Å²) in [5.74, 6) is 1.37. The minimum atomic E-state index is -0.827. The summed E-state index contributed by atoms with van der Waals surface area (Å²) in [4.78, 5) is 17.8. The number of ether oxygens (including phenoxy) is 2. The van der Waals surface area contributed by atoms with Gasteiger partial charge in [-0.1, -0.05) is 50.2 Å². The summed E-state index contributed by atoms with van der Waals surface area (Å²) < 4.78 is 11.8. The van der Waals surface area contributed by atoms with Crippen molar-refractivity contribution >= 4 is 5.91 Å². The van der Waals surface area contributed by atoms with Gasteiger partial charge in [0.05, 0.1) is 25.4 Å². The number of hydrogen-bond donors (Lipinski definition) is 3. The summed E-state index contributed by atoms with van der Waals surface area (Å²) in [7, 11) is 0. The van der Waals surface area contributed by atoms with Crippen LogP contribution in [0.1, 0.15) is 78.3 Å². The molecule has 3 atom stereocenters. The maximum Gasteiger partial charge on any atom is 0.251 e. The molecule has 2 aromatic carbocycles. The molecule has 2 heterocycles. The van der Waals surface area contributed by atoms with Gasteiger partial charge in [0.15, 0.2) is 0 Å². The molecule has 0 fully saturated rings. The Balaban J connectivity index is 1.54. The molecule has 4 rings (SSSR count). The fraction of sp³-hybridized carbons (Fsp3) is 0.438. The van der Waals surface area contributed by atoms with Gasteiger partial charge in [0.25, 0.3) is 5.91 Å². The van der Waals surface area contributed by atoms with Crippen LogP contribution in [0.5, 0.6) is 11.6 Å². The number of amides is 1. The number of aliphatic hydroxyl groups is 1. The number of carbonyl (C=O) groups excluding carboxylic acids is 1. The van der Waals surface area contributed by atoms with Gasteiger partial charge in [0, 0.05) is 29.9 Å². The third kappa shape index (κ3) is 8.28. The van der Waals surface area contributed by atoms with E-state index in [-0.39, 0.29) is 11.9 Å². The molecule has 0 radical (unpaired) electrons. The molecule has 3 N–H and O–H groups in total. The third-order valence-corrected chi connectivity index (χ3v) is 7.09. The Morgan fingerprint density at radius 3 is 2.54 bits per heavy atom. The quantitative estimate of drug-likeness (QED) is 0.409. The normalized spacial score (nSPS) is 18.0. The predicted octanol–water partition coefficient (Wildman–Crippen LogP) is 5.12. The van der Waals surface area contributed by atoms with Gasteiger partial charge in [-0.25, -0.2) is 4.98 Å². The highest BCUT2D eigenvalue weighted by atomic mass is 16.5. The summed E-state index contributed by atoms with van der Waals surface area (Å²) in [5.41, 5.74) is 4.60. The van der Waals surface area contributed by atoms with E-state index >= 15 is 0 Å². The van der Waals surface area contributed by atoms with E-state index in [2.05, 4.69) is 60.7 Å². The minimum Gasteiger partial charge on any atom is -0.494 e. The van der Waals surface area contributed by atoms with Crippen LogP contribution in [-0.4, -0.2) is 47.9 Å². The van der Waals surface area contributed by atoms with Crippen molar-refractivity contribution in [3.8, 4) is 11.6 Å². The van der Waals surface area contributed by atoms with Crippen molar-refractivity contribution in [2.75, 3.05) is 19.8 Å². The number of carbonyl (C=O) groups is 1. The molecule has 0 saturated heterocycles. The molecule has 0 saturated carbocycles. The molecular formula is C32H41N3O4. The molecule has 1 unspecified atom stereocenters. The van der Waals surface area contributed by atoms with Crippen LogP contribution in [0.2, 0.25) is 0 Å². The van der Waals surface area contributed by atoms with Crippen molar-refractivity contribution in [1.82, 2.24) is 15.6 Å². The minimum absolute atomic E-state index is 0.0412. The van der Waals surface area contributed by atoms with Crippen molar-refractivity contribution in [1.29, 1.82) is 0 Å². The van der Waals surface area contributed by atoms with Crippen molar-refractivity contribution in [2.45, 2.75) is 71.1 Å². The van der Waals surface area contributed by atoms with Gasteiger partial charge in [-0.3, -0.25) is 4.79 Å². The zero-order valence-electron chi connectivity index (χ0n) is 23.4. The molecule has 39 heavy (non-hydrogen) atoms. The SMILES string of the molecule is Cc1cc2cc(n1)OCCCCOc1cccc(c1)C[C@@H]([C@H](O)CNC(C)c1cccc(C(C)C)c1)NC2=O. The Morgan fingerprint density at radius 1 is 1.00 bits per heavy atom. The number of nitrogens with one attached hydrogen (secondary N) is 2. The Kier molecular flexibility index (Phi) is 9.96. The number of aromatic nitrogens is 1. The fourth-order valence-electron chi connectivity index (χ4n) is 4.71. The molecular weight excluding hydrogens is 490 g/mol. The number of hydrogen-bond acceptors (Lipinski definition) is 6. The summed E-state index contributed by atoms with van der Waals surface area (Å²) in [6, 6.07) is 19.3. The van der Waals surface area contributed by atoms with E-state index in [0.717, 1.165) is 24.2 Å². The number of aryl methyl sites for hydroxylation is 1. The fourth-order valence-corrected chi connectivity index (χ4v) is 4.71. The maximum absolute atomic E-state index is 13.4. The maximum atomic E-state index is 13.4. The highest BCUT2D eigenvalue weighted by Gasteiger charge is 2.24. The molecule has 7 nitrogen and oxygen atoms in total. The summed E-state index contributed by atoms with van der Waals surface area (Å²) >= 11 is 0. The van der Waals surface area contributed by atoms with Gasteiger partial charge in [-0.15, -0.1) is 0 Å². The molecule has 1 aromatic heterocycles. The van der Waals surface area contributed by atoms with E-state index in [1.54, 1.807) is 12.1 Å². The van der Waals surface area contributed by atoms with E-state index in [9.17, 15) is 9.90 Å². The molecule has 1 aliphatic rings. The van der Waals surface area contributed by atoms with E-state index in [1.165, 1.54) is 11.1 Å². The van der Waals surface area contributed by atoms with E-state index in [1.807, 2.05) is 31.2 Å². The highest BCUT2D eigenvalue weighted by molar-refractivity contribution is 5.94. The zero-order chi connectivity index (χ0) is 27.8. The van der Waals surface area contributed by atoms with Crippen molar-refractivity contribution in [3.63, 3.8) is 0 Å². The number of benzene rings is 2. The van der Waals surface area contributed by atoms with Gasteiger partial charge < -0.3 is 25.2 Å². The lowest BCUT2D eigenvalue weighted by Gasteiger charge is -2.27. The predicted molar refractivity (Wildman–Crippen MR) is 154 cm³/mol. The van der Waals surface area contributed by atoms with E-state index in [4.69, 9.17) is 9.47 Å². The van der Waals surface area contributed by atoms with Crippen LogP contribution in [0.15, 0.2) is 60.7 Å². The van der Waals surface area contributed by atoms with E-state index < -0.39 is 12.1 Å². The Morgan fingerprint density at radius 2 is 1.74 bits per heavy atom. The topological polar surface area (TPSA) is 92.7 Å². The van der Waals surface area contributed by atoms with Crippen LogP contribution < -0.4 is 20.1 Å². The molecule has 208 valence electrons. The first-order chi connectivity index (χ1) is 18.8. The molecule has 1 amide bonds. The second-order valence-corrected chi connectivity index (χ2v) is 10.7. The van der Waals surface area contributed by atoms with Crippen LogP contribution >= 0.6 is 0 Å². The number of pyridine rings is 1. The van der Waals surface area contributed by atoms with Crippen LogP contribution in [0.4, 0.5) is 0 Å². The average molecular weight is 532 g/mol. The Bertz CT molecular complexity index is 1250. The van der Waals surface area contributed by atoms with Crippen LogP contribution in [0.3, 0.4) is 0 Å². The Hall–Kier alpha value is -3.42. The molecule has 0 aliphatic carbocycles. The average Bonchev–Trinajstić information content (AvgIpc) is 2.92. The van der Waals surface area contributed by atoms with Gasteiger partial charge in [0.1, 0.15) is 5.75 Å². The number of nitrogens with zero attached hydrogens (tertiary/aromatic N) is 1. The zero-order valence-corrected chi connectivity index (χ0v) is 23.4. The summed E-state index contributed by atoms with van der Waals surface area (Å²) in [5, 5.41) is 17.9. The lowest BCUT2D eigenvalue weighted by atomic mass is 9.97. The highest BCUT2D eigenvalue weighted by Crippen LogP contribution is 2.21. The van der Waals surface area contributed by atoms with Gasteiger partial charge in [-0.05, 0) is 73.9 Å². The van der Waals surface area contributed by atoms with Gasteiger partial charge >= 0.3 is 0 Å². The first-order valence-electron chi connectivity index (χ1n) is 13.9. The molecule has 3 aromatic rings. The largest absolute Gasteiger partial charge is 0.494 e. The second kappa shape index (κ2) is 13.6. The van der Waals surface area contributed by atoms with Crippen LogP contribution in [0.25, 0.3) is 0 Å². The van der Waals surface area contributed by atoms with Crippen LogP contribution in [0, 0.1) is 6.92 Å². The molecule has 4 bridgehead atoms. The summed E-state index contributed by atoms with van der Waals surface area (Å²) in [6.45, 7) is 9.69. The lowest BCUT2D eigenvalue weighted by molar-refractivity contribution is 0.0825. The molecule has 0 spiro atoms. The lowest BCUT2D eigenvalue weighted by Crippen LogP contribution is -2.49. The number of aliphatic hydroxyl groups excluding tert-OH is 1. The molecule has 1 aliphatic heterocycles. The van der Waals surface area contributed by atoms with Gasteiger partial charge in [0.2, 0.25) is 5.88 Å².